The van der Waals surface area contributed by atoms with Crippen LogP contribution < -0.4 is 5.73 Å². The van der Waals surface area contributed by atoms with E-state index < -0.39 is 0 Å². The summed E-state index contributed by atoms with van der Waals surface area (Å²) in [6, 6.07) is 7.59. The average molecular weight is 193 g/mol. The number of hydrogen-bond acceptors (Lipinski definition) is 2. The summed E-state index contributed by atoms with van der Waals surface area (Å²) in [6.07, 6.45) is 0. The Morgan fingerprint density at radius 3 is 2.92 bits per heavy atom. The lowest BCUT2D eigenvalue weighted by Crippen LogP contribution is -1.90. The normalized spacial score (nSPS) is 10.6. The molecule has 0 aliphatic carbocycles. The summed E-state index contributed by atoms with van der Waals surface area (Å²) < 4.78 is 0. The zero-order valence-corrected chi connectivity index (χ0v) is 7.97. The Balaban J connectivity index is 2.89. The average Bonchev–Trinajstić information content (AvgIpc) is 2.09. The first-order valence-electron chi connectivity index (χ1n) is 4.00. The first-order chi connectivity index (χ1) is 6.18. The highest BCUT2D eigenvalue weighted by Crippen LogP contribution is 2.23. The van der Waals surface area contributed by atoms with Crippen molar-refractivity contribution in [2.45, 2.75) is 6.92 Å². The quantitative estimate of drug-likeness (QED) is 0.515. The van der Waals surface area contributed by atoms with E-state index in [0.717, 1.165) is 22.2 Å². The van der Waals surface area contributed by atoms with Crippen LogP contribution in [-0.2, 0) is 0 Å². The zero-order valence-electron chi connectivity index (χ0n) is 7.21. The molecular formula is C10H9ClN2. The van der Waals surface area contributed by atoms with Gasteiger partial charge in [0.1, 0.15) is 5.15 Å². The molecule has 1 heterocycles. The molecule has 0 saturated heterocycles. The van der Waals surface area contributed by atoms with Crippen LogP contribution in [-0.4, -0.2) is 4.98 Å². The van der Waals surface area contributed by atoms with E-state index in [0.29, 0.717) is 5.15 Å². The smallest absolute Gasteiger partial charge is 0.132 e. The van der Waals surface area contributed by atoms with Crippen molar-refractivity contribution in [3.8, 4) is 0 Å². The lowest BCUT2D eigenvalue weighted by Gasteiger charge is -2.03. The number of nitrogens with zero attached hydrogens (tertiary/aromatic N) is 1. The molecule has 13 heavy (non-hydrogen) atoms. The van der Waals surface area contributed by atoms with Gasteiger partial charge in [0, 0.05) is 11.1 Å². The standard InChI is InChI=1S/C10H9ClN2/c1-6-5-7-8(12)3-2-4-9(7)13-10(6)11/h2-5H,12H2,1H3. The molecule has 0 unspecified atom stereocenters. The zero-order chi connectivity index (χ0) is 9.42. The third-order valence-corrected chi connectivity index (χ3v) is 2.40. The summed E-state index contributed by atoms with van der Waals surface area (Å²) in [7, 11) is 0. The van der Waals surface area contributed by atoms with Crippen molar-refractivity contribution >= 4 is 28.2 Å². The molecule has 0 atom stereocenters. The van der Waals surface area contributed by atoms with E-state index in [1.807, 2.05) is 31.2 Å². The highest BCUT2D eigenvalue weighted by Gasteiger charge is 2.02. The van der Waals surface area contributed by atoms with Crippen LogP contribution in [0.5, 0.6) is 0 Å². The maximum absolute atomic E-state index is 5.89. The van der Waals surface area contributed by atoms with E-state index in [9.17, 15) is 0 Å². The first kappa shape index (κ1) is 8.32. The van der Waals surface area contributed by atoms with Crippen LogP contribution in [0.25, 0.3) is 10.9 Å². The molecule has 2 rings (SSSR count). The number of rotatable bonds is 0. The third kappa shape index (κ3) is 1.33. The van der Waals surface area contributed by atoms with E-state index in [4.69, 9.17) is 17.3 Å². The second-order valence-corrected chi connectivity index (χ2v) is 3.37. The van der Waals surface area contributed by atoms with Crippen molar-refractivity contribution < 1.29 is 0 Å². The van der Waals surface area contributed by atoms with E-state index in [-0.39, 0.29) is 0 Å². The van der Waals surface area contributed by atoms with E-state index in [2.05, 4.69) is 4.98 Å². The van der Waals surface area contributed by atoms with Crippen LogP contribution in [0.2, 0.25) is 5.15 Å². The van der Waals surface area contributed by atoms with Crippen LogP contribution in [0.4, 0.5) is 5.69 Å². The monoisotopic (exact) mass is 192 g/mol. The van der Waals surface area contributed by atoms with Crippen molar-refractivity contribution in [1.82, 2.24) is 4.98 Å². The number of hydrogen-bond donors (Lipinski definition) is 1. The van der Waals surface area contributed by atoms with Crippen LogP contribution in [0, 0.1) is 6.92 Å². The predicted octanol–water partition coefficient (Wildman–Crippen LogP) is 2.78. The highest BCUT2D eigenvalue weighted by molar-refractivity contribution is 6.30. The fourth-order valence-corrected chi connectivity index (χ4v) is 1.44. The molecule has 0 radical (unpaired) electrons. The maximum atomic E-state index is 5.89. The molecule has 1 aromatic carbocycles. The van der Waals surface area contributed by atoms with Gasteiger partial charge in [0.25, 0.3) is 0 Å². The molecule has 2 N–H and O–H groups in total. The van der Waals surface area contributed by atoms with Gasteiger partial charge in [0.2, 0.25) is 0 Å². The van der Waals surface area contributed by atoms with Crippen LogP contribution in [0.15, 0.2) is 24.3 Å². The minimum absolute atomic E-state index is 0.540. The van der Waals surface area contributed by atoms with Gasteiger partial charge in [-0.25, -0.2) is 4.98 Å². The number of nitrogens with two attached hydrogens (primary N) is 1. The van der Waals surface area contributed by atoms with Crippen molar-refractivity contribution in [2.75, 3.05) is 5.73 Å². The molecule has 0 saturated carbocycles. The Kier molecular flexibility index (Phi) is 1.85. The largest absolute Gasteiger partial charge is 0.398 e. The van der Waals surface area contributed by atoms with Gasteiger partial charge in [-0.3, -0.25) is 0 Å². The summed E-state index contributed by atoms with van der Waals surface area (Å²) in [5.74, 6) is 0. The number of nitrogen functional groups attached to an aromatic ring is 1. The highest BCUT2D eigenvalue weighted by atomic mass is 35.5. The summed E-state index contributed by atoms with van der Waals surface area (Å²) in [4.78, 5) is 4.22. The Bertz CT molecular complexity index is 466. The van der Waals surface area contributed by atoms with Crippen LogP contribution in [0.1, 0.15) is 5.56 Å². The van der Waals surface area contributed by atoms with E-state index >= 15 is 0 Å². The van der Waals surface area contributed by atoms with Crippen LogP contribution >= 0.6 is 11.6 Å². The van der Waals surface area contributed by atoms with Gasteiger partial charge in [0.05, 0.1) is 5.52 Å². The first-order valence-corrected chi connectivity index (χ1v) is 4.37. The minimum atomic E-state index is 0.540. The molecule has 66 valence electrons. The molecule has 0 spiro atoms. The SMILES string of the molecule is Cc1cc2c(N)cccc2nc1Cl. The molecule has 0 amide bonds. The molecule has 0 fully saturated rings. The molecule has 0 bridgehead atoms. The Labute approximate surface area is 81.3 Å². The van der Waals surface area contributed by atoms with Gasteiger partial charge in [-0.2, -0.15) is 0 Å². The van der Waals surface area contributed by atoms with Gasteiger partial charge in [-0.1, -0.05) is 17.7 Å². The number of aryl methyl sites for hydroxylation is 1. The molecule has 2 nitrogen and oxygen atoms in total. The second kappa shape index (κ2) is 2.89. The molecule has 0 aliphatic rings. The Morgan fingerprint density at radius 2 is 2.15 bits per heavy atom. The second-order valence-electron chi connectivity index (χ2n) is 3.01. The summed E-state index contributed by atoms with van der Waals surface area (Å²) >= 11 is 5.89. The number of halogens is 1. The molecule has 2 aromatic rings. The lowest BCUT2D eigenvalue weighted by molar-refractivity contribution is 1.33. The van der Waals surface area contributed by atoms with E-state index in [1.165, 1.54) is 0 Å². The molecule has 0 aliphatic heterocycles. The Morgan fingerprint density at radius 1 is 1.38 bits per heavy atom. The van der Waals surface area contributed by atoms with Gasteiger partial charge in [-0.15, -0.1) is 0 Å². The van der Waals surface area contributed by atoms with Crippen LogP contribution in [0.3, 0.4) is 0 Å². The molecule has 1 aromatic heterocycles. The summed E-state index contributed by atoms with van der Waals surface area (Å²) in [6.45, 7) is 1.92. The third-order valence-electron chi connectivity index (χ3n) is 2.02. The van der Waals surface area contributed by atoms with Crippen molar-refractivity contribution in [3.63, 3.8) is 0 Å². The molecule has 3 heteroatoms. The van der Waals surface area contributed by atoms with Gasteiger partial charge < -0.3 is 5.73 Å². The summed E-state index contributed by atoms with van der Waals surface area (Å²) in [5, 5.41) is 1.50. The van der Waals surface area contributed by atoms with Crippen molar-refractivity contribution in [2.24, 2.45) is 0 Å². The topological polar surface area (TPSA) is 38.9 Å². The van der Waals surface area contributed by atoms with Gasteiger partial charge in [0.15, 0.2) is 0 Å². The number of aromatic nitrogens is 1. The lowest BCUT2D eigenvalue weighted by atomic mass is 10.1. The predicted molar refractivity (Wildman–Crippen MR) is 55.9 cm³/mol. The molecular weight excluding hydrogens is 184 g/mol. The van der Waals surface area contributed by atoms with Gasteiger partial charge in [-0.05, 0) is 30.7 Å². The minimum Gasteiger partial charge on any atom is -0.398 e. The number of fused-ring (bicyclic) bond motifs is 1. The van der Waals surface area contributed by atoms with Crippen molar-refractivity contribution in [3.05, 3.63) is 35.0 Å². The number of benzene rings is 1. The van der Waals surface area contributed by atoms with Crippen molar-refractivity contribution in [1.29, 1.82) is 0 Å². The maximum Gasteiger partial charge on any atom is 0.132 e. The number of anilines is 1. The number of pyridine rings is 1. The van der Waals surface area contributed by atoms with E-state index in [1.54, 1.807) is 0 Å². The Hall–Kier alpha value is -1.28. The summed E-state index contributed by atoms with van der Waals surface area (Å²) in [5.41, 5.74) is 8.33. The fourth-order valence-electron chi connectivity index (χ4n) is 1.30. The van der Waals surface area contributed by atoms with Gasteiger partial charge >= 0.3 is 0 Å². The fraction of sp³-hybridized carbons (Fsp3) is 0.100.